The summed E-state index contributed by atoms with van der Waals surface area (Å²) in [6.07, 6.45) is 4.26. The summed E-state index contributed by atoms with van der Waals surface area (Å²) >= 11 is 0. The van der Waals surface area contributed by atoms with Gasteiger partial charge in [-0.25, -0.2) is 8.42 Å². The third kappa shape index (κ3) is 7.79. The van der Waals surface area contributed by atoms with Crippen molar-refractivity contribution in [1.82, 2.24) is 9.62 Å². The van der Waals surface area contributed by atoms with Gasteiger partial charge in [0.1, 0.15) is 5.75 Å². The van der Waals surface area contributed by atoms with Crippen LogP contribution in [0.1, 0.15) is 51.5 Å². The lowest BCUT2D eigenvalue weighted by Crippen LogP contribution is -2.52. The molecule has 1 amide bonds. The normalized spacial score (nSPS) is 16.6. The summed E-state index contributed by atoms with van der Waals surface area (Å²) in [6, 6.07) is 15.3. The molecule has 198 valence electrons. The maximum atomic E-state index is 13.5. The molecule has 2 unspecified atom stereocenters. The summed E-state index contributed by atoms with van der Waals surface area (Å²) in [7, 11) is -2.34. The lowest BCUT2D eigenvalue weighted by molar-refractivity contribution is -0.127. The van der Waals surface area contributed by atoms with E-state index >= 15 is 0 Å². The second-order valence-corrected chi connectivity index (χ2v) is 12.0. The lowest BCUT2D eigenvalue weighted by Gasteiger charge is -2.32. The van der Waals surface area contributed by atoms with E-state index in [1.165, 1.54) is 23.5 Å². The van der Waals surface area contributed by atoms with Gasteiger partial charge in [-0.15, -0.1) is 0 Å². The number of methoxy groups -OCH3 is 1. The van der Waals surface area contributed by atoms with Gasteiger partial charge in [0.25, 0.3) is 0 Å². The Labute approximate surface area is 215 Å². The maximum absolute atomic E-state index is 13.5. The first kappa shape index (κ1) is 28.2. The molecule has 0 heterocycles. The Morgan fingerprint density at radius 2 is 1.67 bits per heavy atom. The number of rotatable bonds is 12. The molecule has 1 saturated carbocycles. The Morgan fingerprint density at radius 1 is 1.03 bits per heavy atom. The number of amides is 1. The monoisotopic (exact) mass is 516 g/mol. The first-order valence-corrected chi connectivity index (χ1v) is 14.3. The number of aliphatic hydroxyl groups is 1. The quantitative estimate of drug-likeness (QED) is 0.444. The molecule has 0 bridgehead atoms. The number of sulfonamides is 1. The molecule has 1 fully saturated rings. The van der Waals surface area contributed by atoms with Crippen LogP contribution in [-0.2, 0) is 21.2 Å². The predicted molar refractivity (Wildman–Crippen MR) is 141 cm³/mol. The standard InChI is InChI=1S/C28H40N2O5S/c1-21(2)19-30(36(33,34)25-16-14-24(35-3)15-17-25)20-27(31)26(18-22-10-6-4-7-11-22)29-28(32)23-12-8-5-9-13-23/h4,6-7,10-11,14-17,21,23,26-27,31H,5,8-9,12-13,18-20H2,1-3H3,(H,29,32). The molecule has 0 aromatic heterocycles. The minimum absolute atomic E-state index is 0.0506. The van der Waals surface area contributed by atoms with E-state index in [2.05, 4.69) is 5.32 Å². The topological polar surface area (TPSA) is 95.9 Å². The zero-order valence-electron chi connectivity index (χ0n) is 21.6. The minimum Gasteiger partial charge on any atom is -0.497 e. The molecule has 1 aliphatic carbocycles. The molecule has 0 radical (unpaired) electrons. The fourth-order valence-electron chi connectivity index (χ4n) is 4.73. The van der Waals surface area contributed by atoms with E-state index in [0.717, 1.165) is 37.7 Å². The van der Waals surface area contributed by atoms with Gasteiger partial charge < -0.3 is 15.2 Å². The van der Waals surface area contributed by atoms with Gasteiger partial charge in [0, 0.05) is 19.0 Å². The highest BCUT2D eigenvalue weighted by Crippen LogP contribution is 2.25. The van der Waals surface area contributed by atoms with Crippen molar-refractivity contribution in [1.29, 1.82) is 0 Å². The summed E-state index contributed by atoms with van der Waals surface area (Å²) < 4.78 is 33.6. The van der Waals surface area contributed by atoms with Crippen LogP contribution in [0.15, 0.2) is 59.5 Å². The van der Waals surface area contributed by atoms with Crippen LogP contribution < -0.4 is 10.1 Å². The van der Waals surface area contributed by atoms with Crippen molar-refractivity contribution < 1.29 is 23.1 Å². The second-order valence-electron chi connectivity index (χ2n) is 10.1. The summed E-state index contributed by atoms with van der Waals surface area (Å²) in [6.45, 7) is 4.01. The average Bonchev–Trinajstić information content (AvgIpc) is 2.88. The molecule has 2 N–H and O–H groups in total. The van der Waals surface area contributed by atoms with Crippen LogP contribution in [0.2, 0.25) is 0 Å². The van der Waals surface area contributed by atoms with E-state index in [1.54, 1.807) is 12.1 Å². The van der Waals surface area contributed by atoms with Crippen molar-refractivity contribution >= 4 is 15.9 Å². The molecule has 0 saturated heterocycles. The first-order valence-electron chi connectivity index (χ1n) is 12.9. The first-order chi connectivity index (χ1) is 17.2. The highest BCUT2D eigenvalue weighted by Gasteiger charge is 2.32. The highest BCUT2D eigenvalue weighted by atomic mass is 32.2. The van der Waals surface area contributed by atoms with Crippen LogP contribution in [0, 0.1) is 11.8 Å². The van der Waals surface area contributed by atoms with E-state index in [0.29, 0.717) is 12.2 Å². The summed E-state index contributed by atoms with van der Waals surface area (Å²) in [5.74, 6) is 0.509. The molecule has 36 heavy (non-hydrogen) atoms. The number of ether oxygens (including phenoxy) is 1. The SMILES string of the molecule is COc1ccc(S(=O)(=O)N(CC(C)C)CC(O)C(Cc2ccccc2)NC(=O)C2CCCCC2)cc1. The van der Waals surface area contributed by atoms with Crippen LogP contribution in [-0.4, -0.2) is 56.1 Å². The van der Waals surface area contributed by atoms with Gasteiger partial charge >= 0.3 is 0 Å². The van der Waals surface area contributed by atoms with Gasteiger partial charge in [-0.3, -0.25) is 4.79 Å². The molecule has 0 aliphatic heterocycles. The largest absolute Gasteiger partial charge is 0.497 e. The van der Waals surface area contributed by atoms with Crippen LogP contribution in [0.25, 0.3) is 0 Å². The maximum Gasteiger partial charge on any atom is 0.243 e. The Hall–Kier alpha value is -2.42. The van der Waals surface area contributed by atoms with Crippen molar-refractivity contribution in [2.24, 2.45) is 11.8 Å². The fraction of sp³-hybridized carbons (Fsp3) is 0.536. The Balaban J connectivity index is 1.83. The number of benzene rings is 2. The Morgan fingerprint density at radius 3 is 2.25 bits per heavy atom. The number of carbonyl (C=O) groups excluding carboxylic acids is 1. The van der Waals surface area contributed by atoms with Crippen molar-refractivity contribution in [3.05, 3.63) is 60.2 Å². The summed E-state index contributed by atoms with van der Waals surface area (Å²) in [5.41, 5.74) is 0.971. The molecule has 2 aromatic rings. The molecule has 3 rings (SSSR count). The molecule has 2 aromatic carbocycles. The van der Waals surface area contributed by atoms with Crippen molar-refractivity contribution in [2.75, 3.05) is 20.2 Å². The molecule has 2 atom stereocenters. The number of aliphatic hydroxyl groups excluding tert-OH is 1. The number of hydrogen-bond donors (Lipinski definition) is 2. The van der Waals surface area contributed by atoms with Crippen LogP contribution in [0.3, 0.4) is 0 Å². The third-order valence-corrected chi connectivity index (χ3v) is 8.57. The molecule has 1 aliphatic rings. The van der Waals surface area contributed by atoms with E-state index in [9.17, 15) is 18.3 Å². The van der Waals surface area contributed by atoms with Gasteiger partial charge in [0.2, 0.25) is 15.9 Å². The number of hydrogen-bond acceptors (Lipinski definition) is 5. The van der Waals surface area contributed by atoms with Crippen LogP contribution in [0.4, 0.5) is 0 Å². The van der Waals surface area contributed by atoms with Gasteiger partial charge in [-0.2, -0.15) is 4.31 Å². The Bertz CT molecular complexity index is 1050. The van der Waals surface area contributed by atoms with Crippen LogP contribution >= 0.6 is 0 Å². The summed E-state index contributed by atoms with van der Waals surface area (Å²) in [4.78, 5) is 13.2. The van der Waals surface area contributed by atoms with Gasteiger partial charge in [0.05, 0.1) is 24.2 Å². The fourth-order valence-corrected chi connectivity index (χ4v) is 6.35. The van der Waals surface area contributed by atoms with Gasteiger partial charge in [0.15, 0.2) is 0 Å². The van der Waals surface area contributed by atoms with Gasteiger partial charge in [-0.05, 0) is 55.0 Å². The van der Waals surface area contributed by atoms with Crippen LogP contribution in [0.5, 0.6) is 5.75 Å². The van der Waals surface area contributed by atoms with E-state index in [4.69, 9.17) is 4.74 Å². The molecule has 0 spiro atoms. The van der Waals surface area contributed by atoms with Gasteiger partial charge in [-0.1, -0.05) is 63.4 Å². The molecule has 8 heteroatoms. The number of carbonyl (C=O) groups is 1. The third-order valence-electron chi connectivity index (χ3n) is 6.72. The van der Waals surface area contributed by atoms with E-state index in [1.807, 2.05) is 44.2 Å². The van der Waals surface area contributed by atoms with Crippen molar-refractivity contribution in [3.8, 4) is 5.75 Å². The molecule has 7 nitrogen and oxygen atoms in total. The Kier molecular flexibility index (Phi) is 10.3. The second kappa shape index (κ2) is 13.2. The zero-order chi connectivity index (χ0) is 26.1. The number of nitrogens with one attached hydrogen (secondary N) is 1. The lowest BCUT2D eigenvalue weighted by atomic mass is 9.88. The minimum atomic E-state index is -3.87. The number of nitrogens with zero attached hydrogens (tertiary/aromatic N) is 1. The predicted octanol–water partition coefficient (Wildman–Crippen LogP) is 4.01. The van der Waals surface area contributed by atoms with E-state index in [-0.39, 0.29) is 35.7 Å². The smallest absolute Gasteiger partial charge is 0.243 e. The zero-order valence-corrected chi connectivity index (χ0v) is 22.4. The van der Waals surface area contributed by atoms with Crippen molar-refractivity contribution in [3.63, 3.8) is 0 Å². The highest BCUT2D eigenvalue weighted by molar-refractivity contribution is 7.89. The molecular weight excluding hydrogens is 476 g/mol. The molecular formula is C28H40N2O5S. The van der Waals surface area contributed by atoms with Crippen molar-refractivity contribution in [2.45, 2.75) is 69.4 Å². The average molecular weight is 517 g/mol. The summed E-state index contributed by atoms with van der Waals surface area (Å²) in [5, 5.41) is 14.4. The van der Waals surface area contributed by atoms with E-state index < -0.39 is 22.2 Å².